The fraction of sp³-hybridized carbons (Fsp3) is 0.217. The van der Waals surface area contributed by atoms with Crippen LogP contribution < -0.4 is 14.5 Å². The molecule has 6 heteroatoms. The van der Waals surface area contributed by atoms with Crippen molar-refractivity contribution in [2.24, 2.45) is 0 Å². The molecule has 4 aromatic rings. The molecular formula is C23H22N4O2. The molecule has 146 valence electrons. The van der Waals surface area contributed by atoms with Gasteiger partial charge in [-0.2, -0.15) is 4.98 Å². The fourth-order valence-electron chi connectivity index (χ4n) is 3.74. The maximum absolute atomic E-state index is 5.57. The summed E-state index contributed by atoms with van der Waals surface area (Å²) in [6.07, 6.45) is 0. The molecule has 0 spiro atoms. The van der Waals surface area contributed by atoms with Crippen molar-refractivity contribution in [3.63, 3.8) is 0 Å². The zero-order valence-electron chi connectivity index (χ0n) is 16.3. The second-order valence-electron chi connectivity index (χ2n) is 7.13. The fourth-order valence-corrected chi connectivity index (χ4v) is 3.74. The first-order chi connectivity index (χ1) is 14.3. The quantitative estimate of drug-likeness (QED) is 0.523. The van der Waals surface area contributed by atoms with E-state index >= 15 is 0 Å². The predicted octanol–water partition coefficient (Wildman–Crippen LogP) is 4.23. The Morgan fingerprint density at radius 3 is 2.31 bits per heavy atom. The number of hydrogen-bond donors (Lipinski definition) is 0. The molecule has 0 unspecified atom stereocenters. The van der Waals surface area contributed by atoms with Crippen molar-refractivity contribution in [1.82, 2.24) is 10.1 Å². The minimum atomic E-state index is 0.586. The van der Waals surface area contributed by atoms with Crippen LogP contribution >= 0.6 is 0 Å². The van der Waals surface area contributed by atoms with E-state index in [0.717, 1.165) is 37.5 Å². The van der Waals surface area contributed by atoms with Gasteiger partial charge >= 0.3 is 6.01 Å². The third-order valence-electron chi connectivity index (χ3n) is 5.41. The summed E-state index contributed by atoms with van der Waals surface area (Å²) < 4.78 is 10.8. The average Bonchev–Trinajstić information content (AvgIpc) is 3.29. The molecule has 0 N–H and O–H groups in total. The first-order valence-electron chi connectivity index (χ1n) is 9.77. The van der Waals surface area contributed by atoms with Gasteiger partial charge in [0.1, 0.15) is 5.75 Å². The van der Waals surface area contributed by atoms with Crippen LogP contribution in [0.25, 0.3) is 22.2 Å². The van der Waals surface area contributed by atoms with Crippen LogP contribution in [0.15, 0.2) is 71.3 Å². The van der Waals surface area contributed by atoms with Crippen LogP contribution in [0.4, 0.5) is 11.7 Å². The Kier molecular flexibility index (Phi) is 4.52. The van der Waals surface area contributed by atoms with Crippen molar-refractivity contribution >= 4 is 22.5 Å². The van der Waals surface area contributed by atoms with Gasteiger partial charge in [0.25, 0.3) is 0 Å². The van der Waals surface area contributed by atoms with Crippen molar-refractivity contribution < 1.29 is 9.26 Å². The summed E-state index contributed by atoms with van der Waals surface area (Å²) in [5.41, 5.74) is 2.17. The highest BCUT2D eigenvalue weighted by atomic mass is 16.5. The number of methoxy groups -OCH3 is 1. The van der Waals surface area contributed by atoms with Gasteiger partial charge in [-0.25, -0.2) is 0 Å². The smallest absolute Gasteiger partial charge is 0.324 e. The lowest BCUT2D eigenvalue weighted by Gasteiger charge is -2.35. The van der Waals surface area contributed by atoms with Gasteiger partial charge in [-0.3, -0.25) is 0 Å². The number of fused-ring (bicyclic) bond motifs is 1. The first-order valence-corrected chi connectivity index (χ1v) is 9.77. The number of rotatable bonds is 4. The van der Waals surface area contributed by atoms with E-state index in [4.69, 9.17) is 9.26 Å². The maximum atomic E-state index is 5.57. The molecule has 6 nitrogen and oxygen atoms in total. The lowest BCUT2D eigenvalue weighted by Crippen LogP contribution is -2.46. The van der Waals surface area contributed by atoms with Gasteiger partial charge in [-0.05, 0) is 41.1 Å². The Morgan fingerprint density at radius 1 is 0.828 bits per heavy atom. The van der Waals surface area contributed by atoms with Crippen LogP contribution in [0.3, 0.4) is 0 Å². The second-order valence-corrected chi connectivity index (χ2v) is 7.13. The number of ether oxygens (including phenoxy) is 1. The van der Waals surface area contributed by atoms with E-state index in [-0.39, 0.29) is 0 Å². The van der Waals surface area contributed by atoms with Crippen LogP contribution in [-0.2, 0) is 0 Å². The van der Waals surface area contributed by atoms with Crippen molar-refractivity contribution in [2.75, 3.05) is 43.1 Å². The van der Waals surface area contributed by atoms with E-state index in [1.165, 1.54) is 16.5 Å². The molecule has 5 rings (SSSR count). The van der Waals surface area contributed by atoms with E-state index in [9.17, 15) is 0 Å². The van der Waals surface area contributed by atoms with Gasteiger partial charge in [0.05, 0.1) is 7.11 Å². The molecule has 0 radical (unpaired) electrons. The van der Waals surface area contributed by atoms with Crippen molar-refractivity contribution in [1.29, 1.82) is 0 Å². The summed E-state index contributed by atoms with van der Waals surface area (Å²) in [5.74, 6) is 1.50. The highest BCUT2D eigenvalue weighted by molar-refractivity contribution is 5.86. The van der Waals surface area contributed by atoms with Gasteiger partial charge < -0.3 is 19.1 Å². The highest BCUT2D eigenvalue weighted by Gasteiger charge is 2.22. The highest BCUT2D eigenvalue weighted by Crippen LogP contribution is 2.26. The molecule has 29 heavy (non-hydrogen) atoms. The van der Waals surface area contributed by atoms with E-state index in [2.05, 4.69) is 56.3 Å². The lowest BCUT2D eigenvalue weighted by molar-refractivity contribution is 0.409. The molecule has 1 aliphatic rings. The number of hydrogen-bond acceptors (Lipinski definition) is 6. The number of aromatic nitrogens is 2. The molecule has 1 saturated heterocycles. The molecule has 2 heterocycles. The third kappa shape index (κ3) is 3.49. The number of nitrogens with zero attached hydrogens (tertiary/aromatic N) is 4. The summed E-state index contributed by atoms with van der Waals surface area (Å²) in [6.45, 7) is 3.48. The van der Waals surface area contributed by atoms with Crippen molar-refractivity contribution in [2.45, 2.75) is 0 Å². The van der Waals surface area contributed by atoms with Crippen LogP contribution in [0, 0.1) is 0 Å². The molecule has 0 aliphatic carbocycles. The van der Waals surface area contributed by atoms with Crippen molar-refractivity contribution in [3.8, 4) is 17.1 Å². The third-order valence-corrected chi connectivity index (χ3v) is 5.41. The summed E-state index contributed by atoms with van der Waals surface area (Å²) in [5, 5.41) is 6.58. The van der Waals surface area contributed by atoms with E-state index in [1.54, 1.807) is 7.11 Å². The van der Waals surface area contributed by atoms with E-state index in [0.29, 0.717) is 11.8 Å². The monoisotopic (exact) mass is 386 g/mol. The Balaban J connectivity index is 1.28. The van der Waals surface area contributed by atoms with Gasteiger partial charge in [-0.1, -0.05) is 41.6 Å². The standard InChI is InChI=1S/C23H22N4O2/c1-28-21-10-8-20(9-11-21)26-12-14-27(15-13-26)23-24-22(25-29-23)19-7-6-17-4-2-3-5-18(17)16-19/h2-11,16H,12-15H2,1H3. The average molecular weight is 386 g/mol. The summed E-state index contributed by atoms with van der Waals surface area (Å²) in [6, 6.07) is 23.3. The molecule has 1 aliphatic heterocycles. The largest absolute Gasteiger partial charge is 0.497 e. The van der Waals surface area contributed by atoms with Crippen LogP contribution in [0.1, 0.15) is 0 Å². The SMILES string of the molecule is COc1ccc(N2CCN(c3nc(-c4ccc5ccccc5c4)no3)CC2)cc1. The van der Waals surface area contributed by atoms with E-state index in [1.807, 2.05) is 30.3 Å². The van der Waals surface area contributed by atoms with Gasteiger partial charge in [0.2, 0.25) is 5.82 Å². The Labute approximate surface area is 169 Å². The molecule has 0 amide bonds. The molecule has 0 bridgehead atoms. The molecule has 0 atom stereocenters. The number of benzene rings is 3. The first kappa shape index (κ1) is 17.6. The normalized spacial score (nSPS) is 14.4. The molecule has 1 fully saturated rings. The van der Waals surface area contributed by atoms with Crippen LogP contribution in [-0.4, -0.2) is 43.4 Å². The Morgan fingerprint density at radius 2 is 1.55 bits per heavy atom. The summed E-state index contributed by atoms with van der Waals surface area (Å²) in [4.78, 5) is 9.15. The number of anilines is 2. The van der Waals surface area contributed by atoms with Gasteiger partial charge in [0.15, 0.2) is 0 Å². The lowest BCUT2D eigenvalue weighted by atomic mass is 10.1. The minimum absolute atomic E-state index is 0.586. The van der Waals surface area contributed by atoms with Crippen molar-refractivity contribution in [3.05, 3.63) is 66.7 Å². The second kappa shape index (κ2) is 7.47. The zero-order valence-corrected chi connectivity index (χ0v) is 16.3. The minimum Gasteiger partial charge on any atom is -0.497 e. The van der Waals surface area contributed by atoms with E-state index < -0.39 is 0 Å². The number of piperazine rings is 1. The topological polar surface area (TPSA) is 54.6 Å². The Bertz CT molecular complexity index is 1120. The zero-order chi connectivity index (χ0) is 19.6. The predicted molar refractivity (Wildman–Crippen MR) is 115 cm³/mol. The van der Waals surface area contributed by atoms with Crippen LogP contribution in [0.2, 0.25) is 0 Å². The molecule has 1 aromatic heterocycles. The molecule has 3 aromatic carbocycles. The van der Waals surface area contributed by atoms with Gasteiger partial charge in [0, 0.05) is 37.4 Å². The molecular weight excluding hydrogens is 364 g/mol. The summed E-state index contributed by atoms with van der Waals surface area (Å²) in [7, 11) is 1.68. The molecule has 0 saturated carbocycles. The van der Waals surface area contributed by atoms with Gasteiger partial charge in [-0.15, -0.1) is 0 Å². The Hall–Kier alpha value is -3.54. The summed E-state index contributed by atoms with van der Waals surface area (Å²) >= 11 is 0. The maximum Gasteiger partial charge on any atom is 0.324 e. The van der Waals surface area contributed by atoms with Crippen LogP contribution in [0.5, 0.6) is 5.75 Å².